The number of carbonyl (C=O) groups excluding carboxylic acids is 1. The number of hydrogen-bond acceptors (Lipinski definition) is 3. The van der Waals surface area contributed by atoms with Crippen molar-refractivity contribution in [3.05, 3.63) is 90.0 Å². The van der Waals surface area contributed by atoms with E-state index in [1.165, 1.54) is 15.7 Å². The first-order valence-corrected chi connectivity index (χ1v) is 10.5. The summed E-state index contributed by atoms with van der Waals surface area (Å²) in [7, 11) is 0. The number of morpholine rings is 1. The third-order valence-electron chi connectivity index (χ3n) is 5.91. The van der Waals surface area contributed by atoms with E-state index in [1.807, 2.05) is 18.2 Å². The predicted octanol–water partition coefficient (Wildman–Crippen LogP) is 2.18. The minimum Gasteiger partial charge on any atom is -0.370 e. The number of quaternary nitrogens is 1. The SMILES string of the molecule is O=C(C[NH+]1CCOCC1)N1NC(c2ccc3ccccc3c2)=C[C@H]1c1ccccc1. The molecule has 0 aliphatic carbocycles. The second-order valence-electron chi connectivity index (χ2n) is 7.91. The van der Waals surface area contributed by atoms with Gasteiger partial charge in [-0.3, -0.25) is 10.2 Å². The van der Waals surface area contributed by atoms with E-state index >= 15 is 0 Å². The normalized spacial score (nSPS) is 19.5. The van der Waals surface area contributed by atoms with Crippen LogP contribution in [0.2, 0.25) is 0 Å². The lowest BCUT2D eigenvalue weighted by Gasteiger charge is -2.29. The number of amides is 1. The fourth-order valence-electron chi connectivity index (χ4n) is 4.24. The second kappa shape index (κ2) is 8.30. The van der Waals surface area contributed by atoms with Crippen molar-refractivity contribution in [2.75, 3.05) is 32.8 Å². The van der Waals surface area contributed by atoms with Gasteiger partial charge in [0.1, 0.15) is 13.1 Å². The van der Waals surface area contributed by atoms with E-state index in [4.69, 9.17) is 4.74 Å². The van der Waals surface area contributed by atoms with Crippen molar-refractivity contribution < 1.29 is 14.4 Å². The maximum Gasteiger partial charge on any atom is 0.296 e. The quantitative estimate of drug-likeness (QED) is 0.706. The van der Waals surface area contributed by atoms with Crippen LogP contribution in [0.5, 0.6) is 0 Å². The van der Waals surface area contributed by atoms with E-state index in [-0.39, 0.29) is 11.9 Å². The van der Waals surface area contributed by atoms with Crippen molar-refractivity contribution in [3.8, 4) is 0 Å². The summed E-state index contributed by atoms with van der Waals surface area (Å²) >= 11 is 0. The highest BCUT2D eigenvalue weighted by molar-refractivity contribution is 5.87. The molecule has 1 saturated heterocycles. The van der Waals surface area contributed by atoms with Gasteiger partial charge in [0.25, 0.3) is 5.91 Å². The molecular weight excluding hydrogens is 374 g/mol. The van der Waals surface area contributed by atoms with Crippen molar-refractivity contribution in [2.45, 2.75) is 6.04 Å². The summed E-state index contributed by atoms with van der Waals surface area (Å²) in [6.45, 7) is 3.66. The van der Waals surface area contributed by atoms with Gasteiger partial charge in [0, 0.05) is 0 Å². The zero-order chi connectivity index (χ0) is 20.3. The maximum absolute atomic E-state index is 13.3. The lowest BCUT2D eigenvalue weighted by atomic mass is 10.0. The maximum atomic E-state index is 13.3. The van der Waals surface area contributed by atoms with E-state index in [2.05, 4.69) is 66.1 Å². The number of nitrogens with one attached hydrogen (secondary N) is 2. The summed E-state index contributed by atoms with van der Waals surface area (Å²) in [5, 5.41) is 4.20. The minimum atomic E-state index is -0.124. The summed E-state index contributed by atoms with van der Waals surface area (Å²) in [6, 6.07) is 24.8. The number of hydrogen-bond donors (Lipinski definition) is 2. The lowest BCUT2D eigenvalue weighted by Crippen LogP contribution is -3.15. The van der Waals surface area contributed by atoms with Crippen molar-refractivity contribution in [1.29, 1.82) is 0 Å². The molecule has 2 aliphatic rings. The first kappa shape index (κ1) is 18.9. The fraction of sp³-hybridized carbons (Fsp3) is 0.240. The van der Waals surface area contributed by atoms with Crippen LogP contribution in [0.15, 0.2) is 78.9 Å². The zero-order valence-corrected chi connectivity index (χ0v) is 16.9. The van der Waals surface area contributed by atoms with Gasteiger partial charge < -0.3 is 9.64 Å². The van der Waals surface area contributed by atoms with Crippen molar-refractivity contribution >= 4 is 22.4 Å². The second-order valence-corrected chi connectivity index (χ2v) is 7.91. The Balaban J connectivity index is 1.44. The molecule has 0 bridgehead atoms. The van der Waals surface area contributed by atoms with E-state index in [9.17, 15) is 4.79 Å². The van der Waals surface area contributed by atoms with Gasteiger partial charge in [-0.2, -0.15) is 0 Å². The number of ether oxygens (including phenoxy) is 1. The molecule has 0 saturated carbocycles. The minimum absolute atomic E-state index is 0.104. The number of rotatable bonds is 4. The van der Waals surface area contributed by atoms with Crippen LogP contribution in [0.25, 0.3) is 16.5 Å². The molecule has 5 heteroatoms. The summed E-state index contributed by atoms with van der Waals surface area (Å²) in [4.78, 5) is 14.5. The molecule has 152 valence electrons. The molecule has 0 spiro atoms. The highest BCUT2D eigenvalue weighted by atomic mass is 16.5. The van der Waals surface area contributed by atoms with Crippen molar-refractivity contribution in [3.63, 3.8) is 0 Å². The summed E-state index contributed by atoms with van der Waals surface area (Å²) < 4.78 is 5.44. The van der Waals surface area contributed by atoms with Crippen LogP contribution in [0.3, 0.4) is 0 Å². The van der Waals surface area contributed by atoms with Crippen LogP contribution in [-0.4, -0.2) is 43.8 Å². The molecule has 2 N–H and O–H groups in total. The lowest BCUT2D eigenvalue weighted by molar-refractivity contribution is -0.900. The van der Waals surface area contributed by atoms with Crippen LogP contribution >= 0.6 is 0 Å². The number of hydrazine groups is 1. The van der Waals surface area contributed by atoms with Gasteiger partial charge in [-0.05, 0) is 34.0 Å². The predicted molar refractivity (Wildman–Crippen MR) is 117 cm³/mol. The molecule has 1 fully saturated rings. The molecule has 0 aromatic heterocycles. The van der Waals surface area contributed by atoms with E-state index in [0.29, 0.717) is 6.54 Å². The molecule has 5 rings (SSSR count). The Hall–Kier alpha value is -3.15. The number of carbonyl (C=O) groups is 1. The average Bonchev–Trinajstić information content (AvgIpc) is 3.26. The summed E-state index contributed by atoms with van der Waals surface area (Å²) in [5.74, 6) is 0.104. The van der Waals surface area contributed by atoms with Gasteiger partial charge in [-0.1, -0.05) is 66.7 Å². The summed E-state index contributed by atoms with van der Waals surface area (Å²) in [6.07, 6.45) is 2.16. The molecular formula is C25H26N3O2+. The highest BCUT2D eigenvalue weighted by Crippen LogP contribution is 2.32. The van der Waals surface area contributed by atoms with Gasteiger partial charge in [0.2, 0.25) is 0 Å². The molecule has 3 aromatic rings. The molecule has 1 amide bonds. The third-order valence-corrected chi connectivity index (χ3v) is 5.91. The molecule has 1 atom stereocenters. The Labute approximate surface area is 176 Å². The molecule has 2 heterocycles. The molecule has 0 unspecified atom stereocenters. The van der Waals surface area contributed by atoms with E-state index in [1.54, 1.807) is 5.01 Å². The first-order chi connectivity index (χ1) is 14.8. The molecule has 3 aromatic carbocycles. The smallest absolute Gasteiger partial charge is 0.296 e. The van der Waals surface area contributed by atoms with Crippen molar-refractivity contribution in [2.24, 2.45) is 0 Å². The Kier molecular flexibility index (Phi) is 5.22. The average molecular weight is 401 g/mol. The third kappa shape index (κ3) is 3.82. The fourth-order valence-corrected chi connectivity index (χ4v) is 4.24. The number of nitrogens with zero attached hydrogens (tertiary/aromatic N) is 1. The molecule has 2 aliphatic heterocycles. The standard InChI is InChI=1S/C25H25N3O2/c29-25(18-27-12-14-30-15-13-27)28-24(20-7-2-1-3-8-20)17-23(26-28)22-11-10-19-6-4-5-9-21(19)16-22/h1-11,16-17,24,26H,12-15,18H2/p+1/t24-/m0/s1. The largest absolute Gasteiger partial charge is 0.370 e. The Morgan fingerprint density at radius 3 is 2.50 bits per heavy atom. The van der Waals surface area contributed by atoms with E-state index < -0.39 is 0 Å². The highest BCUT2D eigenvalue weighted by Gasteiger charge is 2.33. The Bertz CT molecular complexity index is 1070. The first-order valence-electron chi connectivity index (χ1n) is 10.5. The van der Waals surface area contributed by atoms with Crippen LogP contribution in [0.1, 0.15) is 17.2 Å². The van der Waals surface area contributed by atoms with Gasteiger partial charge >= 0.3 is 0 Å². The zero-order valence-electron chi connectivity index (χ0n) is 16.9. The van der Waals surface area contributed by atoms with Crippen molar-refractivity contribution in [1.82, 2.24) is 10.4 Å². The molecule has 30 heavy (non-hydrogen) atoms. The van der Waals surface area contributed by atoms with Gasteiger partial charge in [-0.15, -0.1) is 0 Å². The van der Waals surface area contributed by atoms with Gasteiger partial charge in [-0.25, -0.2) is 5.01 Å². The number of benzene rings is 3. The summed E-state index contributed by atoms with van der Waals surface area (Å²) in [5.41, 5.74) is 6.57. The Morgan fingerprint density at radius 1 is 0.967 bits per heavy atom. The molecule has 5 nitrogen and oxygen atoms in total. The van der Waals surface area contributed by atoms with E-state index in [0.717, 1.165) is 43.1 Å². The van der Waals surface area contributed by atoms with Crippen LogP contribution in [0, 0.1) is 0 Å². The van der Waals surface area contributed by atoms with Crippen LogP contribution in [-0.2, 0) is 9.53 Å². The topological polar surface area (TPSA) is 46.0 Å². The van der Waals surface area contributed by atoms with Gasteiger partial charge in [0.15, 0.2) is 6.54 Å². The van der Waals surface area contributed by atoms with Crippen LogP contribution in [0.4, 0.5) is 0 Å². The van der Waals surface area contributed by atoms with Gasteiger partial charge in [0.05, 0.1) is 25.0 Å². The Morgan fingerprint density at radius 2 is 1.70 bits per heavy atom. The number of fused-ring (bicyclic) bond motifs is 1. The van der Waals surface area contributed by atoms with Crippen LogP contribution < -0.4 is 10.3 Å². The molecule has 0 radical (unpaired) electrons. The monoisotopic (exact) mass is 400 g/mol.